The molecule has 91 heavy (non-hydrogen) atoms. The summed E-state index contributed by atoms with van der Waals surface area (Å²) in [6.07, 6.45) is 37.1. The highest BCUT2D eigenvalue weighted by atomic mass is 16.8. The van der Waals surface area contributed by atoms with Gasteiger partial charge in [0, 0.05) is 6.42 Å². The smallest absolute Gasteiger partial charge is 0.220 e. The highest BCUT2D eigenvalue weighted by Gasteiger charge is 2.53. The number of hydrogen-bond donors (Lipinski definition) is 12. The fraction of sp³-hybridized carbons (Fsp3) is 0.931. The molecule has 0 aromatic carbocycles. The molecule has 3 aliphatic rings. The number of ether oxygens (including phenoxy) is 6. The van der Waals surface area contributed by atoms with Crippen LogP contribution in [0, 0.1) is 0 Å². The summed E-state index contributed by atoms with van der Waals surface area (Å²) in [5.41, 5.74) is 0. The third-order valence-corrected chi connectivity index (χ3v) is 18.7. The Morgan fingerprint density at radius 3 is 1.08 bits per heavy atom. The Bertz CT molecular complexity index is 1750. The van der Waals surface area contributed by atoms with Crippen molar-refractivity contribution < 1.29 is 89.4 Å². The summed E-state index contributed by atoms with van der Waals surface area (Å²) in [6.45, 7) is 1.61. The molecule has 1 amide bonds. The van der Waals surface area contributed by atoms with E-state index in [4.69, 9.17) is 28.4 Å². The summed E-state index contributed by atoms with van der Waals surface area (Å²) in [5, 5.41) is 120. The second kappa shape index (κ2) is 54.3. The third-order valence-electron chi connectivity index (χ3n) is 18.7. The molecule has 17 atom stereocenters. The van der Waals surface area contributed by atoms with Gasteiger partial charge in [-0.1, -0.05) is 289 Å². The lowest BCUT2D eigenvalue weighted by atomic mass is 9.96. The molecule has 19 nitrogen and oxygen atoms in total. The number of carbonyl (C=O) groups excluding carboxylic acids is 1. The number of carbonyl (C=O) groups is 1. The zero-order valence-electron chi connectivity index (χ0n) is 56.8. The molecule has 0 spiro atoms. The van der Waals surface area contributed by atoms with Gasteiger partial charge in [-0.05, 0) is 25.7 Å². The van der Waals surface area contributed by atoms with Crippen LogP contribution in [0.25, 0.3) is 0 Å². The minimum absolute atomic E-state index is 0.239. The Balaban J connectivity index is 1.23. The average molecular weight is 1300 g/mol. The van der Waals surface area contributed by atoms with E-state index in [2.05, 4.69) is 31.3 Å². The molecule has 3 aliphatic heterocycles. The van der Waals surface area contributed by atoms with Crippen molar-refractivity contribution in [2.75, 3.05) is 26.4 Å². The minimum Gasteiger partial charge on any atom is -0.394 e. The van der Waals surface area contributed by atoms with Gasteiger partial charge < -0.3 is 89.9 Å². The fourth-order valence-corrected chi connectivity index (χ4v) is 12.7. The second-order valence-electron chi connectivity index (χ2n) is 26.8. The standard InChI is InChI=1S/C72H135NO18/c1-3-5-7-9-11-12-13-14-15-16-17-18-19-20-21-22-23-24-25-26-27-28-29-30-31-32-33-34-35-36-37-38-39-40-41-42-44-46-48-50-60(78)73-55(56(77)49-47-45-43-10-8-6-4-2)54-86-70-66(84)63(81)68(58(52-75)88-70)91-72-67(85)64(82)69(59(53-76)89-72)90-71-65(83)62(80)61(79)57(51-74)87-71/h8,10,47,49,55-59,61-72,74-77,79-85H,3-7,9,11-46,48,50-54H2,1-2H3,(H,73,78)/b10-8+,49-47+. The topological polar surface area (TPSA) is 307 Å². The van der Waals surface area contributed by atoms with Gasteiger partial charge in [0.05, 0.1) is 38.6 Å². The first-order valence-electron chi connectivity index (χ1n) is 37.1. The number of unbranched alkanes of at least 4 members (excludes halogenated alkanes) is 40. The summed E-state index contributed by atoms with van der Waals surface area (Å²) in [7, 11) is 0. The fourth-order valence-electron chi connectivity index (χ4n) is 12.7. The van der Waals surface area contributed by atoms with Gasteiger partial charge in [-0.2, -0.15) is 0 Å². The van der Waals surface area contributed by atoms with Crippen molar-refractivity contribution in [1.29, 1.82) is 0 Å². The summed E-state index contributed by atoms with van der Waals surface area (Å²) < 4.78 is 34.2. The van der Waals surface area contributed by atoms with Gasteiger partial charge in [0.25, 0.3) is 0 Å². The van der Waals surface area contributed by atoms with Crippen molar-refractivity contribution in [3.63, 3.8) is 0 Å². The van der Waals surface area contributed by atoms with Crippen LogP contribution in [0.2, 0.25) is 0 Å². The van der Waals surface area contributed by atoms with E-state index in [0.717, 1.165) is 38.5 Å². The highest BCUT2D eigenvalue weighted by molar-refractivity contribution is 5.76. The molecule has 19 heteroatoms. The molecule has 0 aromatic heterocycles. The summed E-state index contributed by atoms with van der Waals surface area (Å²) in [6, 6.07) is -0.984. The van der Waals surface area contributed by atoms with E-state index in [1.165, 1.54) is 225 Å². The molecule has 0 saturated carbocycles. The lowest BCUT2D eigenvalue weighted by molar-refractivity contribution is -0.379. The molecule has 3 rings (SSSR count). The van der Waals surface area contributed by atoms with Gasteiger partial charge in [-0.15, -0.1) is 0 Å². The number of nitrogens with one attached hydrogen (secondary N) is 1. The first-order chi connectivity index (χ1) is 44.3. The first-order valence-corrected chi connectivity index (χ1v) is 37.1. The zero-order valence-corrected chi connectivity index (χ0v) is 56.8. The molecule has 17 unspecified atom stereocenters. The number of hydrogen-bond acceptors (Lipinski definition) is 18. The zero-order chi connectivity index (χ0) is 66.1. The van der Waals surface area contributed by atoms with Crippen LogP contribution in [0.5, 0.6) is 0 Å². The molecule has 3 heterocycles. The van der Waals surface area contributed by atoms with Gasteiger partial charge in [0.1, 0.15) is 73.2 Å². The maximum absolute atomic E-state index is 13.3. The van der Waals surface area contributed by atoms with Crippen LogP contribution in [0.15, 0.2) is 24.3 Å². The summed E-state index contributed by atoms with van der Waals surface area (Å²) >= 11 is 0. The largest absolute Gasteiger partial charge is 0.394 e. The predicted molar refractivity (Wildman–Crippen MR) is 356 cm³/mol. The van der Waals surface area contributed by atoms with Crippen LogP contribution in [0.4, 0.5) is 0 Å². The molecule has 536 valence electrons. The Labute approximate surface area is 549 Å². The molecular weight excluding hydrogens is 1170 g/mol. The molecule has 12 N–H and O–H groups in total. The number of allylic oxidation sites excluding steroid dienone is 3. The molecular formula is C72H135NO18. The summed E-state index contributed by atoms with van der Waals surface area (Å²) in [5.74, 6) is -0.285. The number of amides is 1. The van der Waals surface area contributed by atoms with E-state index in [1.54, 1.807) is 6.08 Å². The molecule has 3 saturated heterocycles. The first kappa shape index (κ1) is 83.5. The Kier molecular flexibility index (Phi) is 49.8. The van der Waals surface area contributed by atoms with Crippen molar-refractivity contribution in [2.24, 2.45) is 0 Å². The van der Waals surface area contributed by atoms with E-state index >= 15 is 0 Å². The van der Waals surface area contributed by atoms with Crippen LogP contribution < -0.4 is 5.32 Å². The quantitative estimate of drug-likeness (QED) is 0.0199. The van der Waals surface area contributed by atoms with Crippen LogP contribution in [0.3, 0.4) is 0 Å². The molecule has 0 radical (unpaired) electrons. The Hall–Kier alpha value is -1.73. The van der Waals surface area contributed by atoms with E-state index in [-0.39, 0.29) is 18.9 Å². The maximum Gasteiger partial charge on any atom is 0.220 e. The molecule has 3 fully saturated rings. The van der Waals surface area contributed by atoms with E-state index < -0.39 is 124 Å². The number of aliphatic hydroxyl groups excluding tert-OH is 11. The van der Waals surface area contributed by atoms with Crippen LogP contribution in [-0.2, 0) is 33.2 Å². The van der Waals surface area contributed by atoms with Crippen molar-refractivity contribution in [1.82, 2.24) is 5.32 Å². The molecule has 0 aromatic rings. The van der Waals surface area contributed by atoms with Crippen LogP contribution in [0.1, 0.15) is 296 Å². The molecule has 0 aliphatic carbocycles. The van der Waals surface area contributed by atoms with Crippen molar-refractivity contribution in [3.8, 4) is 0 Å². The second-order valence-corrected chi connectivity index (χ2v) is 26.8. The van der Waals surface area contributed by atoms with E-state index in [1.807, 2.05) is 6.08 Å². The van der Waals surface area contributed by atoms with Crippen molar-refractivity contribution in [2.45, 2.75) is 401 Å². The third kappa shape index (κ3) is 35.9. The minimum atomic E-state index is -1.98. The van der Waals surface area contributed by atoms with Gasteiger partial charge in [0.2, 0.25) is 5.91 Å². The average Bonchev–Trinajstić information content (AvgIpc) is 1.04. The highest BCUT2D eigenvalue weighted by Crippen LogP contribution is 2.33. The number of rotatable bonds is 58. The van der Waals surface area contributed by atoms with Gasteiger partial charge >= 0.3 is 0 Å². The van der Waals surface area contributed by atoms with E-state index in [9.17, 15) is 61.0 Å². The van der Waals surface area contributed by atoms with Gasteiger partial charge in [-0.25, -0.2) is 0 Å². The lowest BCUT2D eigenvalue weighted by Gasteiger charge is -2.48. The maximum atomic E-state index is 13.3. The SMILES string of the molecule is CCC/C=C/CC/C=C/C(O)C(COC1OC(CO)C(OC2OC(CO)C(OC3OC(CO)C(O)C(O)C3O)C(O)C2O)C(O)C1O)NC(=O)CCCCCCCCCCCCCCCCCCCCCCCCCCCCCCCCCCCCCCCCC. The number of aliphatic hydroxyl groups is 11. The van der Waals surface area contributed by atoms with E-state index in [0.29, 0.717) is 12.8 Å². The van der Waals surface area contributed by atoms with Crippen molar-refractivity contribution >= 4 is 5.91 Å². The predicted octanol–water partition coefficient (Wildman–Crippen LogP) is 10.6. The van der Waals surface area contributed by atoms with Crippen LogP contribution in [-0.4, -0.2) is 193 Å². The molecule has 0 bridgehead atoms. The summed E-state index contributed by atoms with van der Waals surface area (Å²) in [4.78, 5) is 13.3. The Morgan fingerprint density at radius 1 is 0.385 bits per heavy atom. The van der Waals surface area contributed by atoms with Gasteiger partial charge in [-0.3, -0.25) is 4.79 Å². The van der Waals surface area contributed by atoms with Gasteiger partial charge in [0.15, 0.2) is 18.9 Å². The van der Waals surface area contributed by atoms with Crippen molar-refractivity contribution in [3.05, 3.63) is 24.3 Å². The lowest BCUT2D eigenvalue weighted by Crippen LogP contribution is -2.66. The monoisotopic (exact) mass is 1300 g/mol. The van der Waals surface area contributed by atoms with Crippen LogP contribution >= 0.6 is 0 Å². The normalized spacial score (nSPS) is 27.9. The Morgan fingerprint density at radius 2 is 0.703 bits per heavy atom.